The third kappa shape index (κ3) is 16.5. The number of aromatic hydroxyl groups is 1. The summed E-state index contributed by atoms with van der Waals surface area (Å²) < 4.78 is 85.6. The number of benzene rings is 6. The van der Waals surface area contributed by atoms with Gasteiger partial charge in [-0.3, -0.25) is 28.8 Å². The molecule has 0 bridgehead atoms. The van der Waals surface area contributed by atoms with Gasteiger partial charge in [0.05, 0.1) is 0 Å². The number of hydrogen-bond donors (Lipinski definition) is 2. The Morgan fingerprint density at radius 1 is 0.517 bits per heavy atom. The van der Waals surface area contributed by atoms with Gasteiger partial charge >= 0.3 is 29.8 Å². The predicted molar refractivity (Wildman–Crippen MR) is 306 cm³/mol. The van der Waals surface area contributed by atoms with Gasteiger partial charge in [0.15, 0.2) is 41.9 Å². The molecule has 22 nitrogen and oxygen atoms in total. The monoisotopic (exact) mass is 1200 g/mol. The van der Waals surface area contributed by atoms with E-state index in [1.165, 1.54) is 24.3 Å². The van der Waals surface area contributed by atoms with E-state index in [1.807, 2.05) is 121 Å². The zero-order chi connectivity index (χ0) is 61.6. The van der Waals surface area contributed by atoms with Crippen LogP contribution in [0.3, 0.4) is 0 Å². The van der Waals surface area contributed by atoms with Crippen LogP contribution in [0, 0.1) is 0 Å². The maximum Gasteiger partial charge on any atom is 0.303 e. The molecule has 22 heteroatoms. The Morgan fingerprint density at radius 3 is 1.49 bits per heavy atom. The zero-order valence-corrected chi connectivity index (χ0v) is 48.1. The van der Waals surface area contributed by atoms with E-state index in [1.54, 1.807) is 0 Å². The third-order valence-electron chi connectivity index (χ3n) is 13.6. The maximum absolute atomic E-state index is 15.4. The molecule has 9 rings (SSSR count). The first kappa shape index (κ1) is 62.1. The molecule has 0 aliphatic carbocycles. The summed E-state index contributed by atoms with van der Waals surface area (Å²) in [6.07, 6.45) is -15.0. The van der Waals surface area contributed by atoms with Crippen LogP contribution in [0.4, 0.5) is 0 Å². The van der Waals surface area contributed by atoms with Gasteiger partial charge in [0.25, 0.3) is 0 Å². The summed E-state index contributed by atoms with van der Waals surface area (Å²) in [5, 5.41) is 23.9. The summed E-state index contributed by atoms with van der Waals surface area (Å²) in [5.41, 5.74) is 2.06. The van der Waals surface area contributed by atoms with Crippen LogP contribution in [0.1, 0.15) is 63.3 Å². The molecule has 2 saturated heterocycles. The molecule has 0 unspecified atom stereocenters. The number of phenols is 1. The smallest absolute Gasteiger partial charge is 0.303 e. The van der Waals surface area contributed by atoms with Crippen molar-refractivity contribution in [3.05, 3.63) is 178 Å². The van der Waals surface area contributed by atoms with E-state index in [-0.39, 0.29) is 72.8 Å². The lowest BCUT2D eigenvalue weighted by Crippen LogP contribution is -2.64. The Bertz CT molecular complexity index is 3490. The highest BCUT2D eigenvalue weighted by atomic mass is 16.8. The molecule has 3 heterocycles. The first-order valence-corrected chi connectivity index (χ1v) is 27.7. The molecule has 7 aromatic rings. The van der Waals surface area contributed by atoms with Gasteiger partial charge in [0.2, 0.25) is 23.2 Å². The third-order valence-corrected chi connectivity index (χ3v) is 13.6. The van der Waals surface area contributed by atoms with Gasteiger partial charge in [-0.05, 0) is 34.4 Å². The highest BCUT2D eigenvalue weighted by molar-refractivity contribution is 5.89. The van der Waals surface area contributed by atoms with Crippen molar-refractivity contribution in [2.45, 2.75) is 123 Å². The second-order valence-corrected chi connectivity index (χ2v) is 20.3. The van der Waals surface area contributed by atoms with Crippen molar-refractivity contribution in [3.8, 4) is 45.8 Å². The number of esters is 5. The molecule has 456 valence electrons. The number of carbonyl (C=O) groups excluding carboxylic acids is 5. The lowest BCUT2D eigenvalue weighted by Gasteiger charge is -2.46. The van der Waals surface area contributed by atoms with Crippen LogP contribution >= 0.6 is 0 Å². The summed E-state index contributed by atoms with van der Waals surface area (Å²) in [4.78, 5) is 78.0. The van der Waals surface area contributed by atoms with Gasteiger partial charge in [0.1, 0.15) is 86.5 Å². The fraction of sp³-hybridized carbons (Fsp3) is 0.323. The Labute approximate surface area is 499 Å². The Morgan fingerprint density at radius 2 is 0.989 bits per heavy atom. The van der Waals surface area contributed by atoms with Crippen LogP contribution in [0.2, 0.25) is 0 Å². The van der Waals surface area contributed by atoms with E-state index in [0.29, 0.717) is 0 Å². The van der Waals surface area contributed by atoms with E-state index in [0.717, 1.165) is 56.9 Å². The molecule has 9 atom stereocenters. The van der Waals surface area contributed by atoms with E-state index in [4.69, 9.17) is 66.0 Å². The lowest BCUT2D eigenvalue weighted by atomic mass is 9.97. The van der Waals surface area contributed by atoms with Crippen LogP contribution in [0.25, 0.3) is 22.3 Å². The summed E-state index contributed by atoms with van der Waals surface area (Å²) >= 11 is 0. The van der Waals surface area contributed by atoms with Crippen molar-refractivity contribution in [3.63, 3.8) is 0 Å². The van der Waals surface area contributed by atoms with Crippen molar-refractivity contribution >= 4 is 40.8 Å². The van der Waals surface area contributed by atoms with Crippen molar-refractivity contribution in [1.82, 2.24) is 0 Å². The first-order valence-electron chi connectivity index (χ1n) is 27.7. The van der Waals surface area contributed by atoms with Crippen LogP contribution in [0.5, 0.6) is 34.5 Å². The van der Waals surface area contributed by atoms with Crippen molar-refractivity contribution < 1.29 is 100 Å². The zero-order valence-electron chi connectivity index (χ0n) is 48.1. The molecule has 2 fully saturated rings. The van der Waals surface area contributed by atoms with Crippen molar-refractivity contribution in [2.75, 3.05) is 13.2 Å². The molecular formula is C65H64O22. The SMILES string of the molecule is CC(=O)OC[C@H]1O[C@@H](Oc2c(-c3cc(OCc4ccccc4)c(OCc4ccccc4)c(OCc4ccccc4)c3)oc3cc(OCc4ccccc4)cc(O)c3c2=O)[C@H](O)[C@@H](OC(C)=O)[C@@H]1O[C@@H]1O[C@H](COC(C)=O)[C@H](OC(C)=O)C[C@H]1OC(C)=O. The fourth-order valence-electron chi connectivity index (χ4n) is 9.69. The summed E-state index contributed by atoms with van der Waals surface area (Å²) in [6.45, 7) is 4.53. The molecule has 1 aromatic heterocycles. The number of hydrogen-bond acceptors (Lipinski definition) is 22. The van der Waals surface area contributed by atoms with Crippen LogP contribution in [-0.4, -0.2) is 109 Å². The van der Waals surface area contributed by atoms with Crippen LogP contribution in [0.15, 0.2) is 155 Å². The van der Waals surface area contributed by atoms with E-state index in [2.05, 4.69) is 0 Å². The molecule has 0 spiro atoms. The molecule has 2 aliphatic heterocycles. The number of aliphatic hydroxyl groups excluding tert-OH is 1. The summed E-state index contributed by atoms with van der Waals surface area (Å²) in [7, 11) is 0. The van der Waals surface area contributed by atoms with Crippen molar-refractivity contribution in [1.29, 1.82) is 0 Å². The Balaban J connectivity index is 1.18. The molecule has 0 amide bonds. The normalized spacial score (nSPS) is 20.7. The fourth-order valence-corrected chi connectivity index (χ4v) is 9.69. The van der Waals surface area contributed by atoms with Crippen LogP contribution < -0.4 is 29.1 Å². The highest BCUT2D eigenvalue weighted by Crippen LogP contribution is 2.46. The summed E-state index contributed by atoms with van der Waals surface area (Å²) in [6, 6.07) is 42.9. The topological polar surface area (TPSA) is 276 Å². The van der Waals surface area contributed by atoms with E-state index >= 15 is 4.79 Å². The lowest BCUT2D eigenvalue weighted by molar-refractivity contribution is -0.342. The molecule has 87 heavy (non-hydrogen) atoms. The van der Waals surface area contributed by atoms with Gasteiger partial charge in [-0.15, -0.1) is 0 Å². The molecular weight excluding hydrogens is 1130 g/mol. The molecule has 6 aromatic carbocycles. The predicted octanol–water partition coefficient (Wildman–Crippen LogP) is 8.37. The van der Waals surface area contributed by atoms with E-state index < -0.39 is 121 Å². The molecule has 2 N–H and O–H groups in total. The minimum Gasteiger partial charge on any atom is -0.507 e. The maximum atomic E-state index is 15.4. The number of ether oxygens (including phenoxy) is 13. The Hall–Kier alpha value is -9.48. The van der Waals surface area contributed by atoms with E-state index in [9.17, 15) is 34.2 Å². The van der Waals surface area contributed by atoms with Gasteiger partial charge in [-0.2, -0.15) is 0 Å². The highest BCUT2D eigenvalue weighted by Gasteiger charge is 2.53. The molecule has 0 radical (unpaired) electrons. The van der Waals surface area contributed by atoms with Gasteiger partial charge < -0.3 is 76.2 Å². The minimum absolute atomic E-state index is 0.0187. The average molecular weight is 1200 g/mol. The number of fused-ring (bicyclic) bond motifs is 1. The minimum atomic E-state index is -2.12. The standard InChI is InChI=1S/C65H64O22/c1-37(66)74-35-54-49(80-39(3)68)30-53(81-40(4)69)64(84-54)86-61-55(36-75-38(2)67)85-65(58(73)63(61)82-41(5)70)87-62-57(72)56-48(71)28-47(76-31-42-18-10-6-11-19-42)29-50(56)83-59(62)46-26-51(77-32-43-20-12-7-13-21-43)60(79-34-45-24-16-9-17-25-45)52(27-46)78-33-44-22-14-8-15-23-44/h6-29,49,53-55,58,61,63-65,71,73H,30-36H2,1-5H3/t49-,53-,54-,55-,58-,61-,63-,64+,65+/m1/s1. The largest absolute Gasteiger partial charge is 0.507 e. The molecule has 0 saturated carbocycles. The second-order valence-electron chi connectivity index (χ2n) is 20.3. The second kappa shape index (κ2) is 29.1. The van der Waals surface area contributed by atoms with Gasteiger partial charge in [-0.25, -0.2) is 0 Å². The van der Waals surface area contributed by atoms with Gasteiger partial charge in [0, 0.05) is 58.7 Å². The number of rotatable bonds is 24. The first-order chi connectivity index (χ1) is 42.0. The number of aliphatic hydroxyl groups is 1. The molecule has 2 aliphatic rings. The number of phenolic OH excluding ortho intramolecular Hbond substituents is 1. The average Bonchev–Trinajstić information content (AvgIpc) is 0.878. The van der Waals surface area contributed by atoms with Crippen LogP contribution in [-0.2, 0) is 88.3 Å². The van der Waals surface area contributed by atoms with Gasteiger partial charge in [-0.1, -0.05) is 121 Å². The Kier molecular flexibility index (Phi) is 20.7. The number of carbonyl (C=O) groups is 5. The quantitative estimate of drug-likeness (QED) is 0.0424. The van der Waals surface area contributed by atoms with Crippen molar-refractivity contribution in [2.24, 2.45) is 0 Å². The summed E-state index contributed by atoms with van der Waals surface area (Å²) in [5.74, 6) is -5.14.